The molecule has 1 saturated heterocycles. The Morgan fingerprint density at radius 3 is 2.58 bits per heavy atom. The number of rotatable bonds is 5. The number of likely N-dealkylation sites (tertiary alicyclic amines) is 1. The van der Waals surface area contributed by atoms with Crippen LogP contribution in [0.4, 0.5) is 0 Å². The number of carbonyl (C=O) groups is 1. The highest BCUT2D eigenvalue weighted by Crippen LogP contribution is 2.38. The first-order valence-corrected chi connectivity index (χ1v) is 12.5. The zero-order valence-corrected chi connectivity index (χ0v) is 19.3. The van der Waals surface area contributed by atoms with Crippen molar-refractivity contribution in [3.05, 3.63) is 66.2 Å². The third-order valence-corrected chi connectivity index (χ3v) is 8.11. The molecule has 3 aromatic rings. The molecule has 0 aliphatic carbocycles. The van der Waals surface area contributed by atoms with E-state index in [9.17, 15) is 13.2 Å². The van der Waals surface area contributed by atoms with Gasteiger partial charge < -0.3 is 14.4 Å². The first-order chi connectivity index (χ1) is 15.9. The second-order valence-electron chi connectivity index (χ2n) is 8.42. The van der Waals surface area contributed by atoms with Gasteiger partial charge in [0.1, 0.15) is 13.2 Å². The van der Waals surface area contributed by atoms with Gasteiger partial charge in [0.05, 0.1) is 17.5 Å². The van der Waals surface area contributed by atoms with Crippen molar-refractivity contribution in [2.24, 2.45) is 0 Å². The van der Waals surface area contributed by atoms with Crippen LogP contribution < -0.4 is 9.47 Å². The molecule has 5 rings (SSSR count). The summed E-state index contributed by atoms with van der Waals surface area (Å²) in [7, 11) is -2.34. The number of amides is 1. The van der Waals surface area contributed by atoms with Gasteiger partial charge in [-0.05, 0) is 53.4 Å². The van der Waals surface area contributed by atoms with E-state index in [1.165, 1.54) is 7.05 Å². The van der Waals surface area contributed by atoms with Crippen molar-refractivity contribution in [3.63, 3.8) is 0 Å². The molecule has 0 radical (unpaired) electrons. The fourth-order valence-electron chi connectivity index (χ4n) is 4.55. The van der Waals surface area contributed by atoms with E-state index in [0.717, 1.165) is 33.5 Å². The summed E-state index contributed by atoms with van der Waals surface area (Å²) in [6.45, 7) is 1.41. The molecule has 1 fully saturated rings. The summed E-state index contributed by atoms with van der Waals surface area (Å²) in [5.41, 5.74) is 0.977. The maximum absolute atomic E-state index is 13.2. The molecule has 0 spiro atoms. The van der Waals surface area contributed by atoms with Crippen LogP contribution in [0.25, 0.3) is 10.8 Å². The summed E-state index contributed by atoms with van der Waals surface area (Å²) in [4.78, 5) is 15.1. The maximum atomic E-state index is 13.2. The van der Waals surface area contributed by atoms with Gasteiger partial charge in [0.15, 0.2) is 11.5 Å². The first kappa shape index (κ1) is 21.7. The van der Waals surface area contributed by atoms with E-state index in [1.807, 2.05) is 42.5 Å². The monoisotopic (exact) mass is 466 g/mol. The van der Waals surface area contributed by atoms with Crippen LogP contribution in [-0.4, -0.2) is 56.9 Å². The molecular weight excluding hydrogens is 440 g/mol. The number of likely N-dealkylation sites (N-methyl/N-ethyl adjacent to an activating group) is 1. The average Bonchev–Trinajstić information content (AvgIpc) is 3.33. The highest BCUT2D eigenvalue weighted by atomic mass is 32.2. The minimum Gasteiger partial charge on any atom is -0.486 e. The molecule has 8 heteroatoms. The van der Waals surface area contributed by atoms with Crippen molar-refractivity contribution in [1.82, 2.24) is 9.21 Å². The van der Waals surface area contributed by atoms with Crippen molar-refractivity contribution in [1.29, 1.82) is 0 Å². The summed E-state index contributed by atoms with van der Waals surface area (Å²) < 4.78 is 38.8. The van der Waals surface area contributed by atoms with Crippen LogP contribution in [-0.2, 0) is 14.8 Å². The molecule has 1 atom stereocenters. The molecule has 2 aliphatic rings. The first-order valence-electron chi connectivity index (χ1n) is 11.1. The van der Waals surface area contributed by atoms with Crippen LogP contribution in [0.1, 0.15) is 24.4 Å². The minimum absolute atomic E-state index is 0.106. The molecule has 33 heavy (non-hydrogen) atoms. The van der Waals surface area contributed by atoms with Crippen LogP contribution in [0.5, 0.6) is 11.5 Å². The van der Waals surface area contributed by atoms with Crippen molar-refractivity contribution in [2.75, 3.05) is 33.4 Å². The number of hydrogen-bond acceptors (Lipinski definition) is 5. The van der Waals surface area contributed by atoms with Gasteiger partial charge in [-0.15, -0.1) is 0 Å². The van der Waals surface area contributed by atoms with E-state index < -0.39 is 10.0 Å². The predicted molar refractivity (Wildman–Crippen MR) is 125 cm³/mol. The lowest BCUT2D eigenvalue weighted by molar-refractivity contribution is -0.132. The molecule has 0 aromatic heterocycles. The number of fused-ring (bicyclic) bond motifs is 2. The van der Waals surface area contributed by atoms with Gasteiger partial charge in [0.2, 0.25) is 15.9 Å². The second-order valence-corrected chi connectivity index (χ2v) is 10.5. The number of benzene rings is 3. The summed E-state index contributed by atoms with van der Waals surface area (Å²) in [6.07, 6.45) is 1.69. The lowest BCUT2D eigenvalue weighted by atomic mass is 10.0. The SMILES string of the molecule is CN(CC(=O)N1CCCC1c1ccc2c(c1)OCCO2)S(=O)(=O)c1ccc2ccccc2c1. The molecule has 0 saturated carbocycles. The molecular formula is C25H26N2O5S. The predicted octanol–water partition coefficient (Wildman–Crippen LogP) is 3.60. The molecule has 0 bridgehead atoms. The quantitative estimate of drug-likeness (QED) is 0.574. The third-order valence-electron chi connectivity index (χ3n) is 6.31. The Morgan fingerprint density at radius 2 is 1.76 bits per heavy atom. The van der Waals surface area contributed by atoms with Crippen molar-refractivity contribution in [2.45, 2.75) is 23.8 Å². The lowest BCUT2D eigenvalue weighted by Gasteiger charge is -2.28. The van der Waals surface area contributed by atoms with E-state index in [1.54, 1.807) is 23.1 Å². The zero-order chi connectivity index (χ0) is 23.0. The molecule has 2 aliphatic heterocycles. The number of nitrogens with zero attached hydrogens (tertiary/aromatic N) is 2. The fourth-order valence-corrected chi connectivity index (χ4v) is 5.71. The van der Waals surface area contributed by atoms with Crippen LogP contribution in [0.3, 0.4) is 0 Å². The van der Waals surface area contributed by atoms with Crippen molar-refractivity contribution in [3.8, 4) is 11.5 Å². The Kier molecular flexibility index (Phi) is 5.72. The maximum Gasteiger partial charge on any atom is 0.243 e. The number of ether oxygens (including phenoxy) is 2. The standard InChI is InChI=1S/C25H26N2O5S/c1-26(33(29,30)21-10-8-18-5-2-3-6-19(18)15-21)17-25(28)27-12-4-7-22(27)20-9-11-23-24(16-20)32-14-13-31-23/h2-3,5-6,8-11,15-16,22H,4,7,12-14,17H2,1H3. The van der Waals surface area contributed by atoms with Gasteiger partial charge in [-0.1, -0.05) is 36.4 Å². The van der Waals surface area contributed by atoms with Crippen LogP contribution >= 0.6 is 0 Å². The van der Waals surface area contributed by atoms with E-state index in [-0.39, 0.29) is 23.4 Å². The Morgan fingerprint density at radius 1 is 1.00 bits per heavy atom. The third kappa shape index (κ3) is 4.16. The normalized spacial score (nSPS) is 18.1. The highest BCUT2D eigenvalue weighted by Gasteiger charge is 2.33. The summed E-state index contributed by atoms with van der Waals surface area (Å²) >= 11 is 0. The molecule has 172 valence electrons. The van der Waals surface area contributed by atoms with Crippen molar-refractivity contribution < 1.29 is 22.7 Å². The smallest absolute Gasteiger partial charge is 0.243 e. The van der Waals surface area contributed by atoms with Crippen LogP contribution in [0, 0.1) is 0 Å². The van der Waals surface area contributed by atoms with Crippen LogP contribution in [0.2, 0.25) is 0 Å². The Balaban J connectivity index is 1.33. The van der Waals surface area contributed by atoms with Crippen molar-refractivity contribution >= 4 is 26.7 Å². The van der Waals surface area contributed by atoms with E-state index in [2.05, 4.69) is 0 Å². The van der Waals surface area contributed by atoms with E-state index in [0.29, 0.717) is 31.3 Å². The van der Waals surface area contributed by atoms with E-state index in [4.69, 9.17) is 9.47 Å². The Bertz CT molecular complexity index is 1310. The fraction of sp³-hybridized carbons (Fsp3) is 0.320. The lowest BCUT2D eigenvalue weighted by Crippen LogP contribution is -2.40. The largest absolute Gasteiger partial charge is 0.486 e. The number of sulfonamides is 1. The summed E-state index contributed by atoms with van der Waals surface area (Å²) in [6, 6.07) is 18.3. The number of hydrogen-bond donors (Lipinski definition) is 0. The Labute approximate surface area is 193 Å². The highest BCUT2D eigenvalue weighted by molar-refractivity contribution is 7.89. The Hall–Kier alpha value is -3.10. The minimum atomic E-state index is -3.80. The topological polar surface area (TPSA) is 76.2 Å². The van der Waals surface area contributed by atoms with Gasteiger partial charge in [-0.25, -0.2) is 8.42 Å². The summed E-state index contributed by atoms with van der Waals surface area (Å²) in [5.74, 6) is 1.19. The molecule has 1 unspecified atom stereocenters. The van der Waals surface area contributed by atoms with Gasteiger partial charge >= 0.3 is 0 Å². The zero-order valence-electron chi connectivity index (χ0n) is 18.4. The van der Waals surface area contributed by atoms with Gasteiger partial charge in [0.25, 0.3) is 0 Å². The second kappa shape index (κ2) is 8.68. The average molecular weight is 467 g/mol. The number of carbonyl (C=O) groups excluding carboxylic acids is 1. The molecule has 1 amide bonds. The van der Waals surface area contributed by atoms with E-state index >= 15 is 0 Å². The van der Waals surface area contributed by atoms with Gasteiger partial charge in [-0.3, -0.25) is 4.79 Å². The molecule has 7 nitrogen and oxygen atoms in total. The van der Waals surface area contributed by atoms with Crippen LogP contribution in [0.15, 0.2) is 65.6 Å². The van der Waals surface area contributed by atoms with Gasteiger partial charge in [0, 0.05) is 13.6 Å². The molecule has 2 heterocycles. The molecule has 0 N–H and O–H groups in total. The summed E-state index contributed by atoms with van der Waals surface area (Å²) in [5, 5.41) is 1.81. The van der Waals surface area contributed by atoms with Gasteiger partial charge in [-0.2, -0.15) is 4.31 Å². The molecule has 3 aromatic carbocycles.